The van der Waals surface area contributed by atoms with Gasteiger partial charge in [0.05, 0.1) is 25.6 Å². The Bertz CT molecular complexity index is 1100. The number of rotatable bonds is 7. The Balaban J connectivity index is 1.66. The van der Waals surface area contributed by atoms with Gasteiger partial charge in [0, 0.05) is 12.6 Å². The molecule has 162 valence electrons. The Morgan fingerprint density at radius 2 is 2.00 bits per heavy atom. The molecule has 0 fully saturated rings. The second kappa shape index (κ2) is 8.57. The Morgan fingerprint density at radius 1 is 1.19 bits per heavy atom. The zero-order valence-electron chi connectivity index (χ0n) is 16.9. The molecule has 4 rings (SSSR count). The molecule has 1 aromatic heterocycles. The molecule has 0 saturated carbocycles. The average Bonchev–Trinajstić information content (AvgIpc) is 3.38. The van der Waals surface area contributed by atoms with Gasteiger partial charge in [-0.05, 0) is 41.9 Å². The van der Waals surface area contributed by atoms with E-state index >= 15 is 0 Å². The largest absolute Gasteiger partial charge is 0.504 e. The molecule has 1 aliphatic heterocycles. The number of aromatic hydroxyl groups is 2. The first-order valence-corrected chi connectivity index (χ1v) is 9.76. The molecule has 1 aliphatic rings. The van der Waals surface area contributed by atoms with E-state index in [1.165, 1.54) is 19.2 Å². The number of carbonyl (C=O) groups is 1. The first-order valence-electron chi connectivity index (χ1n) is 9.76. The van der Waals surface area contributed by atoms with Gasteiger partial charge in [0.1, 0.15) is 6.04 Å². The number of imidazole rings is 1. The number of aromatic nitrogens is 2. The third-order valence-corrected chi connectivity index (χ3v) is 5.05. The van der Waals surface area contributed by atoms with Crippen LogP contribution in [0.2, 0.25) is 0 Å². The summed E-state index contributed by atoms with van der Waals surface area (Å²) in [5, 5.41) is 19.7. The summed E-state index contributed by atoms with van der Waals surface area (Å²) in [5.41, 5.74) is 7.84. The number of ether oxygens (including phenoxy) is 3. The van der Waals surface area contributed by atoms with Gasteiger partial charge in [0.2, 0.25) is 0 Å². The number of fused-ring (bicyclic) bond motifs is 1. The van der Waals surface area contributed by atoms with Gasteiger partial charge in [0.15, 0.2) is 23.0 Å². The maximum absolute atomic E-state index is 11.6. The van der Waals surface area contributed by atoms with E-state index in [-0.39, 0.29) is 23.9 Å². The fraction of sp³-hybridized carbons (Fsp3) is 0.273. The van der Waals surface area contributed by atoms with Gasteiger partial charge in [-0.15, -0.1) is 0 Å². The summed E-state index contributed by atoms with van der Waals surface area (Å²) in [6, 6.07) is 9.30. The molecule has 0 radical (unpaired) electrons. The smallest absolute Gasteiger partial charge is 0.309 e. The van der Waals surface area contributed by atoms with Crippen molar-refractivity contribution in [3.63, 3.8) is 0 Å². The standard InChI is InChI=1S/C22H23N3O6/c1-29-20(28)9-13-2-5-18-19(8-13)31-22(30-18)21(14-3-4-16(26)17(27)10-14)25-11-15(6-7-23)24-12-25/h2-5,8,10-12,21-22,26-27H,6-7,9,23H2,1H3. The van der Waals surface area contributed by atoms with Crippen LogP contribution in [0.5, 0.6) is 23.0 Å². The van der Waals surface area contributed by atoms with Crippen LogP contribution in [-0.4, -0.2) is 45.7 Å². The van der Waals surface area contributed by atoms with Crippen molar-refractivity contribution < 1.29 is 29.2 Å². The van der Waals surface area contributed by atoms with Crippen LogP contribution >= 0.6 is 0 Å². The number of methoxy groups -OCH3 is 1. The van der Waals surface area contributed by atoms with E-state index in [0.29, 0.717) is 30.0 Å². The van der Waals surface area contributed by atoms with E-state index in [2.05, 4.69) is 4.98 Å². The number of phenols is 2. The molecule has 0 saturated heterocycles. The van der Waals surface area contributed by atoms with E-state index in [1.807, 2.05) is 10.8 Å². The fourth-order valence-electron chi connectivity index (χ4n) is 3.50. The monoisotopic (exact) mass is 425 g/mol. The first kappa shape index (κ1) is 20.5. The molecular weight excluding hydrogens is 402 g/mol. The molecule has 4 N–H and O–H groups in total. The van der Waals surface area contributed by atoms with Crippen molar-refractivity contribution in [1.82, 2.24) is 9.55 Å². The van der Waals surface area contributed by atoms with E-state index in [9.17, 15) is 15.0 Å². The Labute approximate surface area is 178 Å². The summed E-state index contributed by atoms with van der Waals surface area (Å²) in [7, 11) is 1.34. The van der Waals surface area contributed by atoms with Crippen molar-refractivity contribution >= 4 is 5.97 Å². The van der Waals surface area contributed by atoms with Crippen LogP contribution in [0.3, 0.4) is 0 Å². The summed E-state index contributed by atoms with van der Waals surface area (Å²) >= 11 is 0. The van der Waals surface area contributed by atoms with Crippen molar-refractivity contribution in [2.24, 2.45) is 5.73 Å². The third kappa shape index (κ3) is 4.26. The lowest BCUT2D eigenvalue weighted by atomic mass is 10.1. The molecule has 31 heavy (non-hydrogen) atoms. The Kier molecular flexibility index (Phi) is 5.68. The van der Waals surface area contributed by atoms with Crippen LogP contribution in [0.15, 0.2) is 48.9 Å². The number of hydrogen-bond acceptors (Lipinski definition) is 8. The SMILES string of the molecule is COC(=O)Cc1ccc2c(c1)OC(C(c1ccc(O)c(O)c1)n1cnc(CCN)c1)O2. The topological polar surface area (TPSA) is 129 Å². The molecule has 9 nitrogen and oxygen atoms in total. The minimum absolute atomic E-state index is 0.122. The number of esters is 1. The van der Waals surface area contributed by atoms with E-state index in [4.69, 9.17) is 19.9 Å². The van der Waals surface area contributed by atoms with Crippen LogP contribution in [0.4, 0.5) is 0 Å². The second-order valence-electron chi connectivity index (χ2n) is 7.18. The van der Waals surface area contributed by atoms with Crippen LogP contribution in [0, 0.1) is 0 Å². The molecule has 2 heterocycles. The zero-order valence-corrected chi connectivity index (χ0v) is 16.9. The number of nitrogens with zero attached hydrogens (tertiary/aromatic N) is 2. The highest BCUT2D eigenvalue weighted by molar-refractivity contribution is 5.72. The molecule has 2 atom stereocenters. The summed E-state index contributed by atoms with van der Waals surface area (Å²) in [6.07, 6.45) is 3.46. The predicted molar refractivity (Wildman–Crippen MR) is 110 cm³/mol. The van der Waals surface area contributed by atoms with Crippen molar-refractivity contribution in [2.75, 3.05) is 13.7 Å². The quantitative estimate of drug-likeness (QED) is 0.387. The van der Waals surface area contributed by atoms with Gasteiger partial charge in [0.25, 0.3) is 6.29 Å². The Morgan fingerprint density at radius 3 is 2.74 bits per heavy atom. The minimum Gasteiger partial charge on any atom is -0.504 e. The maximum Gasteiger partial charge on any atom is 0.309 e. The lowest BCUT2D eigenvalue weighted by molar-refractivity contribution is -0.139. The molecule has 9 heteroatoms. The van der Waals surface area contributed by atoms with E-state index in [0.717, 1.165) is 11.3 Å². The number of phenolic OH excluding ortho intramolecular Hbond substituents is 2. The van der Waals surface area contributed by atoms with E-state index in [1.54, 1.807) is 30.6 Å². The zero-order chi connectivity index (χ0) is 22.0. The number of nitrogens with two attached hydrogens (primary N) is 1. The first-order chi connectivity index (χ1) is 15.0. The van der Waals surface area contributed by atoms with Gasteiger partial charge in [-0.2, -0.15) is 0 Å². The third-order valence-electron chi connectivity index (χ3n) is 5.05. The highest BCUT2D eigenvalue weighted by Gasteiger charge is 2.35. The lowest BCUT2D eigenvalue weighted by Gasteiger charge is -2.24. The van der Waals surface area contributed by atoms with Crippen molar-refractivity contribution in [2.45, 2.75) is 25.2 Å². The van der Waals surface area contributed by atoms with Crippen molar-refractivity contribution in [3.8, 4) is 23.0 Å². The summed E-state index contributed by atoms with van der Waals surface area (Å²) < 4.78 is 18.7. The van der Waals surface area contributed by atoms with Crippen LogP contribution < -0.4 is 15.2 Å². The van der Waals surface area contributed by atoms with Crippen molar-refractivity contribution in [3.05, 3.63) is 65.7 Å². The van der Waals surface area contributed by atoms with Crippen molar-refractivity contribution in [1.29, 1.82) is 0 Å². The number of hydrogen-bond donors (Lipinski definition) is 3. The molecule has 0 aliphatic carbocycles. The maximum atomic E-state index is 11.6. The van der Waals surface area contributed by atoms with Crippen LogP contribution in [0.1, 0.15) is 22.9 Å². The molecule has 0 spiro atoms. The molecule has 3 aromatic rings. The van der Waals surface area contributed by atoms with Gasteiger partial charge < -0.3 is 34.7 Å². The summed E-state index contributed by atoms with van der Waals surface area (Å²) in [6.45, 7) is 0.465. The molecule has 0 amide bonds. The molecular formula is C22H23N3O6. The predicted octanol–water partition coefficient (Wildman–Crippen LogP) is 1.90. The van der Waals surface area contributed by atoms with Gasteiger partial charge in [-0.25, -0.2) is 4.98 Å². The fourth-order valence-corrected chi connectivity index (χ4v) is 3.50. The highest BCUT2D eigenvalue weighted by Crippen LogP contribution is 2.41. The average molecular weight is 425 g/mol. The van der Waals surface area contributed by atoms with Crippen LogP contribution in [-0.2, 0) is 22.4 Å². The summed E-state index contributed by atoms with van der Waals surface area (Å²) in [4.78, 5) is 16.0. The highest BCUT2D eigenvalue weighted by atomic mass is 16.7. The molecule has 2 aromatic carbocycles. The number of benzene rings is 2. The molecule has 0 bridgehead atoms. The Hall–Kier alpha value is -3.72. The second-order valence-corrected chi connectivity index (χ2v) is 7.18. The van der Waals surface area contributed by atoms with Gasteiger partial charge in [-0.3, -0.25) is 4.79 Å². The summed E-state index contributed by atoms with van der Waals surface area (Å²) in [5.74, 6) is 0.218. The minimum atomic E-state index is -0.771. The van der Waals surface area contributed by atoms with E-state index < -0.39 is 12.3 Å². The van der Waals surface area contributed by atoms with Crippen LogP contribution in [0.25, 0.3) is 0 Å². The normalized spacial score (nSPS) is 15.6. The lowest BCUT2D eigenvalue weighted by Crippen LogP contribution is -2.31. The van der Waals surface area contributed by atoms with Gasteiger partial charge in [-0.1, -0.05) is 12.1 Å². The molecule has 2 unspecified atom stereocenters. The van der Waals surface area contributed by atoms with Gasteiger partial charge >= 0.3 is 5.97 Å². The number of carbonyl (C=O) groups excluding carboxylic acids is 1.